The monoisotopic (exact) mass is 212 g/mol. The van der Waals surface area contributed by atoms with Crippen LogP contribution in [-0.2, 0) is 0 Å². The number of nitrogens with one attached hydrogen (secondary N) is 2. The molecule has 1 saturated heterocycles. The highest BCUT2D eigenvalue weighted by atomic mass is 32.1. The lowest BCUT2D eigenvalue weighted by molar-refractivity contribution is 0.0805. The fraction of sp³-hybridized carbons (Fsp3) is 0.778. The van der Waals surface area contributed by atoms with E-state index in [1.807, 2.05) is 6.21 Å². The summed E-state index contributed by atoms with van der Waals surface area (Å²) in [6, 6.07) is 0. The van der Waals surface area contributed by atoms with Gasteiger partial charge in [0.1, 0.15) is 11.8 Å². The van der Waals surface area contributed by atoms with Crippen LogP contribution >= 0.6 is 12.2 Å². The smallest absolute Gasteiger partial charge is 0.187 e. The van der Waals surface area contributed by atoms with Crippen molar-refractivity contribution in [2.24, 2.45) is 10.4 Å². The van der Waals surface area contributed by atoms with E-state index in [0.29, 0.717) is 0 Å². The summed E-state index contributed by atoms with van der Waals surface area (Å²) in [5.74, 6) is 0. The van der Waals surface area contributed by atoms with E-state index < -0.39 is 0 Å². The van der Waals surface area contributed by atoms with Gasteiger partial charge in [0.2, 0.25) is 0 Å². The Bertz CT molecular complexity index is 306. The molecule has 0 amide bonds. The predicted octanol–water partition coefficient (Wildman–Crippen LogP) is 0.854. The Morgan fingerprint density at radius 2 is 2.21 bits per heavy atom. The normalized spacial score (nSPS) is 36.1. The summed E-state index contributed by atoms with van der Waals surface area (Å²) >= 11 is 5.25. The molecule has 0 bridgehead atoms. The van der Waals surface area contributed by atoms with Crippen molar-refractivity contribution < 1.29 is 0 Å². The van der Waals surface area contributed by atoms with Crippen molar-refractivity contribution in [3.63, 3.8) is 0 Å². The van der Waals surface area contributed by atoms with Crippen molar-refractivity contribution in [2.75, 3.05) is 0 Å². The summed E-state index contributed by atoms with van der Waals surface area (Å²) in [6.07, 6.45) is 2.02. The van der Waals surface area contributed by atoms with Crippen LogP contribution in [0.1, 0.15) is 27.7 Å². The van der Waals surface area contributed by atoms with Gasteiger partial charge in [0, 0.05) is 11.6 Å². The highest BCUT2D eigenvalue weighted by Gasteiger charge is 2.51. The number of rotatable bonds is 0. The van der Waals surface area contributed by atoms with Crippen LogP contribution in [0, 0.1) is 5.41 Å². The third-order valence-corrected chi connectivity index (χ3v) is 3.48. The first kappa shape index (κ1) is 9.86. The van der Waals surface area contributed by atoms with Crippen molar-refractivity contribution in [3.05, 3.63) is 0 Å². The molecule has 2 heterocycles. The molecule has 0 aromatic carbocycles. The molecule has 0 spiro atoms. The Morgan fingerprint density at radius 3 is 2.79 bits per heavy atom. The van der Waals surface area contributed by atoms with Crippen LogP contribution in [0.15, 0.2) is 4.99 Å². The van der Waals surface area contributed by atoms with Gasteiger partial charge < -0.3 is 4.90 Å². The molecule has 2 unspecified atom stereocenters. The molecule has 0 aromatic heterocycles. The first-order valence-electron chi connectivity index (χ1n) is 4.76. The van der Waals surface area contributed by atoms with E-state index in [2.05, 4.69) is 48.4 Å². The van der Waals surface area contributed by atoms with E-state index in [1.54, 1.807) is 0 Å². The third kappa shape index (κ3) is 1.09. The molecule has 2 aliphatic rings. The average Bonchev–Trinajstić information content (AvgIpc) is 2.55. The molecule has 2 N–H and O–H groups in total. The van der Waals surface area contributed by atoms with Crippen molar-refractivity contribution >= 4 is 23.5 Å². The van der Waals surface area contributed by atoms with Gasteiger partial charge >= 0.3 is 0 Å². The molecular weight excluding hydrogens is 196 g/mol. The zero-order chi connectivity index (χ0) is 10.6. The lowest BCUT2D eigenvalue weighted by Gasteiger charge is -2.43. The number of hydrogen-bond acceptors (Lipinski definition) is 3. The minimum absolute atomic E-state index is 0.0516. The Balaban J connectivity index is 2.39. The highest BCUT2D eigenvalue weighted by molar-refractivity contribution is 7.80. The maximum absolute atomic E-state index is 5.25. The lowest BCUT2D eigenvalue weighted by atomic mass is 9.81. The molecule has 4 nitrogen and oxygen atoms in total. The summed E-state index contributed by atoms with van der Waals surface area (Å²) in [7, 11) is 0. The van der Waals surface area contributed by atoms with E-state index in [-0.39, 0.29) is 17.2 Å². The number of nitrogens with zero attached hydrogens (tertiary/aromatic N) is 2. The fourth-order valence-electron chi connectivity index (χ4n) is 1.79. The van der Waals surface area contributed by atoms with Crippen LogP contribution in [0.4, 0.5) is 0 Å². The summed E-state index contributed by atoms with van der Waals surface area (Å²) in [5.41, 5.74) is 5.84. The standard InChI is InChI=1S/C9H16N4S/c1-8(2,3)9(4)10-5-6-11-12-7(14)13(6)9/h5-6,11H,1-4H3,(H,12,14). The predicted molar refractivity (Wildman–Crippen MR) is 60.8 cm³/mol. The van der Waals surface area contributed by atoms with E-state index in [9.17, 15) is 0 Å². The van der Waals surface area contributed by atoms with Gasteiger partial charge in [-0.1, -0.05) is 20.8 Å². The zero-order valence-electron chi connectivity index (χ0n) is 8.96. The SMILES string of the molecule is CC(C)(C)C1(C)N=CC2NNC(=S)N21. The van der Waals surface area contributed by atoms with Crippen LogP contribution < -0.4 is 10.9 Å². The Labute approximate surface area is 89.7 Å². The second-order valence-corrected chi connectivity index (χ2v) is 5.33. The van der Waals surface area contributed by atoms with Crippen LogP contribution in [0.25, 0.3) is 0 Å². The molecule has 5 heteroatoms. The van der Waals surface area contributed by atoms with Gasteiger partial charge in [0.05, 0.1) is 0 Å². The Hall–Kier alpha value is -0.680. The molecule has 0 aromatic rings. The van der Waals surface area contributed by atoms with E-state index in [1.165, 1.54) is 0 Å². The molecule has 2 rings (SSSR count). The third-order valence-electron chi connectivity index (χ3n) is 3.18. The summed E-state index contributed by atoms with van der Waals surface area (Å²) in [5, 5.41) is 0.727. The molecule has 0 saturated carbocycles. The molecular formula is C9H16N4S. The number of fused-ring (bicyclic) bond motifs is 1. The van der Waals surface area contributed by atoms with E-state index >= 15 is 0 Å². The van der Waals surface area contributed by atoms with Gasteiger partial charge in [0.15, 0.2) is 5.11 Å². The number of hydrogen-bond donors (Lipinski definition) is 2. The first-order chi connectivity index (χ1) is 6.36. The largest absolute Gasteiger partial charge is 0.301 e. The van der Waals surface area contributed by atoms with Gasteiger partial charge in [-0.3, -0.25) is 10.4 Å². The van der Waals surface area contributed by atoms with Gasteiger partial charge in [0.25, 0.3) is 0 Å². The summed E-state index contributed by atoms with van der Waals surface area (Å²) < 4.78 is 0. The van der Waals surface area contributed by atoms with Crippen LogP contribution in [0.5, 0.6) is 0 Å². The van der Waals surface area contributed by atoms with Gasteiger partial charge in [-0.05, 0) is 19.1 Å². The molecule has 0 aliphatic carbocycles. The van der Waals surface area contributed by atoms with Gasteiger partial charge in [-0.25, -0.2) is 5.43 Å². The molecule has 78 valence electrons. The van der Waals surface area contributed by atoms with Crippen LogP contribution in [0.2, 0.25) is 0 Å². The lowest BCUT2D eigenvalue weighted by Crippen LogP contribution is -2.54. The molecule has 1 fully saturated rings. The van der Waals surface area contributed by atoms with E-state index in [0.717, 1.165) is 5.11 Å². The van der Waals surface area contributed by atoms with Crippen molar-refractivity contribution in [1.29, 1.82) is 0 Å². The Morgan fingerprint density at radius 1 is 1.57 bits per heavy atom. The average molecular weight is 212 g/mol. The van der Waals surface area contributed by atoms with Crippen LogP contribution in [-0.4, -0.2) is 28.1 Å². The van der Waals surface area contributed by atoms with Gasteiger partial charge in [-0.2, -0.15) is 0 Å². The molecule has 14 heavy (non-hydrogen) atoms. The van der Waals surface area contributed by atoms with E-state index in [4.69, 9.17) is 12.2 Å². The minimum Gasteiger partial charge on any atom is -0.301 e. The molecule has 2 atom stereocenters. The second-order valence-electron chi connectivity index (χ2n) is 4.94. The first-order valence-corrected chi connectivity index (χ1v) is 5.17. The highest BCUT2D eigenvalue weighted by Crippen LogP contribution is 2.40. The summed E-state index contributed by atoms with van der Waals surface area (Å²) in [6.45, 7) is 8.64. The minimum atomic E-state index is -0.259. The summed E-state index contributed by atoms with van der Waals surface area (Å²) in [4.78, 5) is 6.70. The number of aliphatic imine (C=N–C) groups is 1. The Kier molecular flexibility index (Phi) is 1.88. The maximum atomic E-state index is 5.25. The zero-order valence-corrected chi connectivity index (χ0v) is 9.77. The van der Waals surface area contributed by atoms with Crippen molar-refractivity contribution in [3.8, 4) is 0 Å². The van der Waals surface area contributed by atoms with Crippen LogP contribution in [0.3, 0.4) is 0 Å². The second kappa shape index (κ2) is 2.67. The van der Waals surface area contributed by atoms with Gasteiger partial charge in [-0.15, -0.1) is 0 Å². The molecule has 2 aliphatic heterocycles. The fourth-order valence-corrected chi connectivity index (χ4v) is 2.14. The van der Waals surface area contributed by atoms with Crippen molar-refractivity contribution in [2.45, 2.75) is 39.5 Å². The number of hydrazine groups is 1. The van der Waals surface area contributed by atoms with Crippen molar-refractivity contribution in [1.82, 2.24) is 15.8 Å². The number of thiocarbonyl (C=S) groups is 1. The topological polar surface area (TPSA) is 39.7 Å². The maximum Gasteiger partial charge on any atom is 0.187 e. The molecule has 0 radical (unpaired) electrons. The quantitative estimate of drug-likeness (QED) is 0.584.